The zero-order chi connectivity index (χ0) is 24.8. The molecule has 5 atom stereocenters. The van der Waals surface area contributed by atoms with Gasteiger partial charge in [0.05, 0.1) is 11.7 Å². The number of fused-ring (bicyclic) bond motifs is 5. The van der Waals surface area contributed by atoms with Gasteiger partial charge in [0.25, 0.3) is 0 Å². The number of hydrogen-bond acceptors (Lipinski definition) is 4. The molecule has 0 spiro atoms. The second-order valence-electron chi connectivity index (χ2n) is 11.9. The first-order chi connectivity index (χ1) is 17.5. The van der Waals surface area contributed by atoms with E-state index in [9.17, 15) is 4.79 Å². The number of rotatable bonds is 5. The molecule has 0 radical (unpaired) electrons. The van der Waals surface area contributed by atoms with E-state index in [0.717, 1.165) is 25.7 Å². The van der Waals surface area contributed by atoms with Crippen molar-refractivity contribution in [1.29, 1.82) is 0 Å². The van der Waals surface area contributed by atoms with Crippen LogP contribution in [0.25, 0.3) is 0 Å². The van der Waals surface area contributed by atoms with Gasteiger partial charge in [-0.2, -0.15) is 0 Å². The van der Waals surface area contributed by atoms with Crippen molar-refractivity contribution < 1.29 is 19.0 Å². The molecule has 3 fully saturated rings. The molecule has 36 heavy (non-hydrogen) atoms. The summed E-state index contributed by atoms with van der Waals surface area (Å²) in [6, 6.07) is 15.6. The predicted molar refractivity (Wildman–Crippen MR) is 140 cm³/mol. The first-order valence-corrected chi connectivity index (χ1v) is 14.1. The van der Waals surface area contributed by atoms with Crippen molar-refractivity contribution in [2.45, 2.75) is 95.4 Å². The Morgan fingerprint density at radius 1 is 0.917 bits per heavy atom. The molecule has 0 saturated heterocycles. The number of esters is 1. The Labute approximate surface area is 215 Å². The van der Waals surface area contributed by atoms with Gasteiger partial charge >= 0.3 is 5.97 Å². The van der Waals surface area contributed by atoms with Crippen molar-refractivity contribution in [3.05, 3.63) is 65.2 Å². The standard InChI is InChI=1S/C32H40O4/c1-31-20-17-26-25-14-12-24(35-30(33)22-9-5-3-6-10-22)21-23(25)11-13-27(26)28(31)15-16-29(31)36-32(34-2)18-7-4-8-19-32/h3,5-6,9-10,12,14,21,26-29H,4,7-8,11,13,15-20H2,1-2H3/t26-,27+,28+,29+,31+/m1/s1. The fourth-order valence-corrected chi connectivity index (χ4v) is 8.23. The van der Waals surface area contributed by atoms with E-state index in [0.29, 0.717) is 35.2 Å². The number of benzene rings is 2. The summed E-state index contributed by atoms with van der Waals surface area (Å²) in [6.07, 6.45) is 13.3. The minimum atomic E-state index is -0.357. The molecule has 3 saturated carbocycles. The van der Waals surface area contributed by atoms with Gasteiger partial charge in [-0.1, -0.05) is 37.6 Å². The third kappa shape index (κ3) is 4.20. The van der Waals surface area contributed by atoms with E-state index in [1.165, 1.54) is 56.1 Å². The Kier molecular flexibility index (Phi) is 6.46. The normalized spacial score (nSPS) is 32.7. The molecule has 0 aromatic heterocycles. The molecular formula is C32H40O4. The highest BCUT2D eigenvalue weighted by Crippen LogP contribution is 2.62. The van der Waals surface area contributed by atoms with Crippen LogP contribution >= 0.6 is 0 Å². The molecule has 0 N–H and O–H groups in total. The molecule has 192 valence electrons. The molecule has 0 bridgehead atoms. The van der Waals surface area contributed by atoms with Crippen LogP contribution in [0.4, 0.5) is 0 Å². The molecule has 4 nitrogen and oxygen atoms in total. The Morgan fingerprint density at radius 2 is 1.72 bits per heavy atom. The lowest BCUT2D eigenvalue weighted by Gasteiger charge is -2.52. The van der Waals surface area contributed by atoms with E-state index < -0.39 is 0 Å². The largest absolute Gasteiger partial charge is 0.423 e. The third-order valence-corrected chi connectivity index (χ3v) is 10.2. The second-order valence-corrected chi connectivity index (χ2v) is 11.9. The average Bonchev–Trinajstić information content (AvgIpc) is 3.25. The van der Waals surface area contributed by atoms with Gasteiger partial charge in [-0.3, -0.25) is 0 Å². The van der Waals surface area contributed by atoms with Gasteiger partial charge in [-0.15, -0.1) is 0 Å². The fraction of sp³-hybridized carbons (Fsp3) is 0.594. The minimum absolute atomic E-state index is 0.243. The number of ether oxygens (including phenoxy) is 3. The smallest absolute Gasteiger partial charge is 0.343 e. The van der Waals surface area contributed by atoms with E-state index in [-0.39, 0.29) is 17.2 Å². The van der Waals surface area contributed by atoms with Crippen molar-refractivity contribution in [1.82, 2.24) is 0 Å². The van der Waals surface area contributed by atoms with Crippen molar-refractivity contribution >= 4 is 5.97 Å². The molecule has 2 aromatic carbocycles. The van der Waals surface area contributed by atoms with Gasteiger partial charge in [-0.05, 0) is 110 Å². The molecule has 2 aromatic rings. The summed E-state index contributed by atoms with van der Waals surface area (Å²) in [6.45, 7) is 2.51. The highest BCUT2D eigenvalue weighted by atomic mass is 16.7. The summed E-state index contributed by atoms with van der Waals surface area (Å²) >= 11 is 0. The topological polar surface area (TPSA) is 44.8 Å². The van der Waals surface area contributed by atoms with E-state index >= 15 is 0 Å². The Balaban J connectivity index is 1.17. The summed E-state index contributed by atoms with van der Waals surface area (Å²) in [4.78, 5) is 12.5. The lowest BCUT2D eigenvalue weighted by molar-refractivity contribution is -0.278. The van der Waals surface area contributed by atoms with Crippen molar-refractivity contribution in [3.8, 4) is 5.75 Å². The summed E-state index contributed by atoms with van der Waals surface area (Å²) in [5.41, 5.74) is 3.68. The Hall–Kier alpha value is -2.17. The Morgan fingerprint density at radius 3 is 2.50 bits per heavy atom. The van der Waals surface area contributed by atoms with Gasteiger partial charge < -0.3 is 14.2 Å². The first kappa shape index (κ1) is 24.2. The number of methoxy groups -OCH3 is 1. The van der Waals surface area contributed by atoms with Crippen LogP contribution in [0, 0.1) is 17.3 Å². The number of carbonyl (C=O) groups is 1. The molecule has 6 rings (SSSR count). The number of carbonyl (C=O) groups excluding carboxylic acids is 1. The maximum Gasteiger partial charge on any atom is 0.343 e. The van der Waals surface area contributed by atoms with Gasteiger partial charge in [0.2, 0.25) is 0 Å². The first-order valence-electron chi connectivity index (χ1n) is 14.1. The third-order valence-electron chi connectivity index (χ3n) is 10.2. The van der Waals surface area contributed by atoms with Gasteiger partial charge in [-0.25, -0.2) is 4.79 Å². The van der Waals surface area contributed by atoms with Gasteiger partial charge in [0.15, 0.2) is 5.79 Å². The van der Waals surface area contributed by atoms with Crippen LogP contribution in [-0.2, 0) is 15.9 Å². The van der Waals surface area contributed by atoms with Crippen LogP contribution < -0.4 is 4.74 Å². The average molecular weight is 489 g/mol. The van der Waals surface area contributed by atoms with Crippen LogP contribution in [-0.4, -0.2) is 25.0 Å². The molecule has 0 aliphatic heterocycles. The van der Waals surface area contributed by atoms with Crippen LogP contribution in [0.3, 0.4) is 0 Å². The molecule has 4 aliphatic carbocycles. The monoisotopic (exact) mass is 488 g/mol. The van der Waals surface area contributed by atoms with Crippen molar-refractivity contribution in [2.75, 3.05) is 7.11 Å². The van der Waals surface area contributed by atoms with Gasteiger partial charge in [0, 0.05) is 20.0 Å². The van der Waals surface area contributed by atoms with Gasteiger partial charge in [0.1, 0.15) is 5.75 Å². The van der Waals surface area contributed by atoms with Crippen LogP contribution in [0.15, 0.2) is 48.5 Å². The molecule has 0 unspecified atom stereocenters. The van der Waals surface area contributed by atoms with Crippen LogP contribution in [0.1, 0.15) is 98.5 Å². The maximum atomic E-state index is 12.5. The van der Waals surface area contributed by atoms with Crippen molar-refractivity contribution in [2.24, 2.45) is 17.3 Å². The molecule has 4 heteroatoms. The van der Waals surface area contributed by atoms with E-state index in [1.807, 2.05) is 31.4 Å². The predicted octanol–water partition coefficient (Wildman–Crippen LogP) is 7.45. The van der Waals surface area contributed by atoms with Crippen LogP contribution in [0.2, 0.25) is 0 Å². The second kappa shape index (κ2) is 9.61. The van der Waals surface area contributed by atoms with Crippen molar-refractivity contribution in [3.63, 3.8) is 0 Å². The number of hydrogen-bond donors (Lipinski definition) is 0. The lowest BCUT2D eigenvalue weighted by Crippen LogP contribution is -2.49. The van der Waals surface area contributed by atoms with E-state index in [2.05, 4.69) is 19.1 Å². The summed E-state index contributed by atoms with van der Waals surface area (Å²) in [5, 5.41) is 0. The lowest BCUT2D eigenvalue weighted by atomic mass is 9.55. The quantitative estimate of drug-likeness (QED) is 0.249. The molecular weight excluding hydrogens is 448 g/mol. The minimum Gasteiger partial charge on any atom is -0.423 e. The number of aryl methyl sites for hydroxylation is 1. The fourth-order valence-electron chi connectivity index (χ4n) is 8.23. The zero-order valence-corrected chi connectivity index (χ0v) is 21.8. The molecule has 0 amide bonds. The molecule has 4 aliphatic rings. The Bertz CT molecular complexity index is 1090. The zero-order valence-electron chi connectivity index (χ0n) is 21.8. The molecule has 0 heterocycles. The van der Waals surface area contributed by atoms with E-state index in [4.69, 9.17) is 14.2 Å². The summed E-state index contributed by atoms with van der Waals surface area (Å²) in [7, 11) is 1.85. The van der Waals surface area contributed by atoms with Crippen LogP contribution in [0.5, 0.6) is 5.75 Å². The summed E-state index contributed by atoms with van der Waals surface area (Å²) in [5.74, 6) is 2.05. The summed E-state index contributed by atoms with van der Waals surface area (Å²) < 4.78 is 18.7. The highest BCUT2D eigenvalue weighted by Gasteiger charge is 2.57. The van der Waals surface area contributed by atoms with E-state index in [1.54, 1.807) is 12.1 Å². The highest BCUT2D eigenvalue weighted by molar-refractivity contribution is 5.91. The SMILES string of the molecule is COC1(O[C@H]2CC[C@H]3[C@H]4CCc5cc(OC(=O)c6ccccc6)ccc5[C@H]4CC[C@]23C)CCCCC1. The maximum absolute atomic E-state index is 12.5.